The lowest BCUT2D eigenvalue weighted by Crippen LogP contribution is -2.47. The van der Waals surface area contributed by atoms with Gasteiger partial charge >= 0.3 is 6.03 Å². The molecular weight excluding hydrogens is 326 g/mol. The number of benzene rings is 1. The number of halogens is 1. The van der Waals surface area contributed by atoms with Crippen LogP contribution in [0.25, 0.3) is 0 Å². The second-order valence-corrected chi connectivity index (χ2v) is 6.16. The summed E-state index contributed by atoms with van der Waals surface area (Å²) in [6, 6.07) is 13.0. The fraction of sp³-hybridized carbons (Fsp3) is 0.333. The van der Waals surface area contributed by atoms with Gasteiger partial charge in [0.15, 0.2) is 0 Å². The predicted octanol–water partition coefficient (Wildman–Crippen LogP) is 3.58. The highest BCUT2D eigenvalue weighted by Crippen LogP contribution is 2.28. The summed E-state index contributed by atoms with van der Waals surface area (Å²) in [6.07, 6.45) is 1.52. The molecule has 0 radical (unpaired) electrons. The van der Waals surface area contributed by atoms with E-state index in [0.717, 1.165) is 11.3 Å². The van der Waals surface area contributed by atoms with Crippen LogP contribution in [0.2, 0.25) is 5.02 Å². The molecular formula is C18H20ClN3O2. The van der Waals surface area contributed by atoms with Gasteiger partial charge in [0.1, 0.15) is 6.10 Å². The number of urea groups is 1. The Hall–Kier alpha value is -2.11. The topological polar surface area (TPSA) is 54.5 Å². The van der Waals surface area contributed by atoms with Crippen LogP contribution in [0.15, 0.2) is 48.7 Å². The largest absolute Gasteiger partial charge is 0.370 e. The highest BCUT2D eigenvalue weighted by molar-refractivity contribution is 6.31. The van der Waals surface area contributed by atoms with Crippen LogP contribution in [0, 0.1) is 0 Å². The molecule has 126 valence electrons. The number of morpholine rings is 1. The molecule has 2 amide bonds. The number of rotatable bonds is 3. The third kappa shape index (κ3) is 3.86. The van der Waals surface area contributed by atoms with Gasteiger partial charge in [-0.15, -0.1) is 0 Å². The maximum atomic E-state index is 12.5. The van der Waals surface area contributed by atoms with Crippen LogP contribution in [-0.4, -0.2) is 35.6 Å². The van der Waals surface area contributed by atoms with Gasteiger partial charge in [-0.1, -0.05) is 35.9 Å². The second kappa shape index (κ2) is 7.64. The first-order valence-electron chi connectivity index (χ1n) is 7.97. The Morgan fingerprint density at radius 1 is 1.33 bits per heavy atom. The summed E-state index contributed by atoms with van der Waals surface area (Å²) < 4.78 is 5.80. The number of carbonyl (C=O) groups excluding carboxylic acids is 1. The van der Waals surface area contributed by atoms with E-state index >= 15 is 0 Å². The number of carbonyl (C=O) groups is 1. The molecule has 1 N–H and O–H groups in total. The zero-order chi connectivity index (χ0) is 16.9. The summed E-state index contributed by atoms with van der Waals surface area (Å²) in [5, 5.41) is 3.65. The minimum absolute atomic E-state index is 0.117. The highest BCUT2D eigenvalue weighted by Gasteiger charge is 2.27. The lowest BCUT2D eigenvalue weighted by molar-refractivity contribution is -0.0157. The van der Waals surface area contributed by atoms with Crippen molar-refractivity contribution in [3.63, 3.8) is 0 Å². The molecule has 2 atom stereocenters. The molecule has 2 aromatic rings. The monoisotopic (exact) mass is 345 g/mol. The Kier molecular flexibility index (Phi) is 5.33. The summed E-state index contributed by atoms with van der Waals surface area (Å²) in [5.41, 5.74) is 1.75. The number of ether oxygens (including phenoxy) is 1. The van der Waals surface area contributed by atoms with Crippen LogP contribution in [-0.2, 0) is 4.74 Å². The van der Waals surface area contributed by atoms with Gasteiger partial charge in [0, 0.05) is 23.3 Å². The first-order chi connectivity index (χ1) is 11.6. The maximum Gasteiger partial charge on any atom is 0.318 e. The minimum Gasteiger partial charge on any atom is -0.370 e. The molecule has 0 aliphatic carbocycles. The van der Waals surface area contributed by atoms with Crippen molar-refractivity contribution in [3.05, 3.63) is 64.9 Å². The number of nitrogens with one attached hydrogen (secondary N) is 1. The summed E-state index contributed by atoms with van der Waals surface area (Å²) in [7, 11) is 0. The number of amides is 2. The van der Waals surface area contributed by atoms with Crippen LogP contribution in [0.1, 0.15) is 30.3 Å². The summed E-state index contributed by atoms with van der Waals surface area (Å²) in [4.78, 5) is 18.6. The van der Waals surface area contributed by atoms with E-state index in [2.05, 4.69) is 10.3 Å². The van der Waals surface area contributed by atoms with Crippen molar-refractivity contribution < 1.29 is 9.53 Å². The summed E-state index contributed by atoms with van der Waals surface area (Å²) in [5.74, 6) is 0. The van der Waals surface area contributed by atoms with E-state index in [1.165, 1.54) is 0 Å². The van der Waals surface area contributed by atoms with Crippen LogP contribution < -0.4 is 5.32 Å². The Labute approximate surface area is 146 Å². The van der Waals surface area contributed by atoms with Gasteiger partial charge in [0.05, 0.1) is 24.9 Å². The number of hydrogen-bond acceptors (Lipinski definition) is 3. The normalized spacial score (nSPS) is 18.9. The quantitative estimate of drug-likeness (QED) is 0.925. The van der Waals surface area contributed by atoms with Gasteiger partial charge in [-0.3, -0.25) is 4.98 Å². The van der Waals surface area contributed by atoms with E-state index in [-0.39, 0.29) is 18.2 Å². The minimum atomic E-state index is -0.205. The van der Waals surface area contributed by atoms with Crippen molar-refractivity contribution in [2.24, 2.45) is 0 Å². The third-order valence-electron chi connectivity index (χ3n) is 4.08. The average Bonchev–Trinajstić information content (AvgIpc) is 2.63. The molecule has 24 heavy (non-hydrogen) atoms. The molecule has 1 aromatic carbocycles. The first-order valence-corrected chi connectivity index (χ1v) is 8.35. The van der Waals surface area contributed by atoms with Gasteiger partial charge in [0.25, 0.3) is 0 Å². The van der Waals surface area contributed by atoms with Gasteiger partial charge in [0.2, 0.25) is 0 Å². The standard InChI is InChI=1S/C18H20ClN3O2/c1-13(16-8-4-5-9-20-16)21-18(23)22-10-11-24-17(12-22)14-6-2-3-7-15(14)19/h2-9,13,17H,10-12H2,1H3,(H,21,23)/t13-,17+/m1/s1. The SMILES string of the molecule is C[C@@H](NC(=O)N1CCO[C@H](c2ccccc2Cl)C1)c1ccccn1. The Bertz CT molecular complexity index is 696. The summed E-state index contributed by atoms with van der Waals surface area (Å²) in [6.45, 7) is 3.44. The van der Waals surface area contributed by atoms with Crippen LogP contribution >= 0.6 is 11.6 Å². The van der Waals surface area contributed by atoms with Gasteiger partial charge in [-0.2, -0.15) is 0 Å². The van der Waals surface area contributed by atoms with Crippen LogP contribution in [0.4, 0.5) is 4.79 Å². The van der Waals surface area contributed by atoms with Crippen molar-refractivity contribution in [2.45, 2.75) is 19.1 Å². The lowest BCUT2D eigenvalue weighted by atomic mass is 10.1. The van der Waals surface area contributed by atoms with Gasteiger partial charge < -0.3 is 15.0 Å². The van der Waals surface area contributed by atoms with Crippen molar-refractivity contribution in [1.29, 1.82) is 0 Å². The third-order valence-corrected chi connectivity index (χ3v) is 4.42. The molecule has 2 heterocycles. The lowest BCUT2D eigenvalue weighted by Gasteiger charge is -2.34. The molecule has 0 bridgehead atoms. The number of hydrogen-bond donors (Lipinski definition) is 1. The fourth-order valence-corrected chi connectivity index (χ4v) is 3.00. The number of aromatic nitrogens is 1. The van der Waals surface area contributed by atoms with Crippen LogP contribution in [0.3, 0.4) is 0 Å². The average molecular weight is 346 g/mol. The molecule has 3 rings (SSSR count). The Morgan fingerprint density at radius 3 is 2.88 bits per heavy atom. The second-order valence-electron chi connectivity index (χ2n) is 5.75. The molecule has 0 saturated carbocycles. The van der Waals surface area contributed by atoms with E-state index in [4.69, 9.17) is 16.3 Å². The highest BCUT2D eigenvalue weighted by atomic mass is 35.5. The fourth-order valence-electron chi connectivity index (χ4n) is 2.74. The molecule has 1 aliphatic rings. The van der Waals surface area contributed by atoms with Crippen molar-refractivity contribution >= 4 is 17.6 Å². The van der Waals surface area contributed by atoms with E-state index in [1.807, 2.05) is 49.4 Å². The molecule has 1 saturated heterocycles. The maximum absolute atomic E-state index is 12.5. The molecule has 5 nitrogen and oxygen atoms in total. The Balaban J connectivity index is 1.64. The zero-order valence-corrected chi connectivity index (χ0v) is 14.2. The van der Waals surface area contributed by atoms with Crippen molar-refractivity contribution in [3.8, 4) is 0 Å². The van der Waals surface area contributed by atoms with E-state index in [1.54, 1.807) is 11.1 Å². The number of nitrogens with zero attached hydrogens (tertiary/aromatic N) is 2. The van der Waals surface area contributed by atoms with E-state index in [9.17, 15) is 4.79 Å². The number of pyridine rings is 1. The van der Waals surface area contributed by atoms with E-state index < -0.39 is 0 Å². The molecule has 1 aliphatic heterocycles. The smallest absolute Gasteiger partial charge is 0.318 e. The van der Waals surface area contributed by atoms with Crippen molar-refractivity contribution in [2.75, 3.05) is 19.7 Å². The first kappa shape index (κ1) is 16.7. The zero-order valence-electron chi connectivity index (χ0n) is 13.5. The molecule has 6 heteroatoms. The van der Waals surface area contributed by atoms with Crippen molar-refractivity contribution in [1.82, 2.24) is 15.2 Å². The van der Waals surface area contributed by atoms with Gasteiger partial charge in [-0.05, 0) is 25.1 Å². The molecule has 0 unspecified atom stereocenters. The van der Waals surface area contributed by atoms with Crippen LogP contribution in [0.5, 0.6) is 0 Å². The predicted molar refractivity (Wildman–Crippen MR) is 92.9 cm³/mol. The molecule has 1 fully saturated rings. The molecule has 1 aromatic heterocycles. The summed E-state index contributed by atoms with van der Waals surface area (Å²) >= 11 is 6.24. The van der Waals surface area contributed by atoms with E-state index in [0.29, 0.717) is 24.7 Å². The Morgan fingerprint density at radius 2 is 2.12 bits per heavy atom. The van der Waals surface area contributed by atoms with Gasteiger partial charge in [-0.25, -0.2) is 4.79 Å². The molecule has 0 spiro atoms.